The third kappa shape index (κ3) is 3.98. The van der Waals surface area contributed by atoms with Gasteiger partial charge in [-0.1, -0.05) is 13.8 Å². The van der Waals surface area contributed by atoms with Crippen molar-refractivity contribution < 1.29 is 4.79 Å². The molecule has 1 amide bonds. The summed E-state index contributed by atoms with van der Waals surface area (Å²) >= 11 is 0. The minimum Gasteiger partial charge on any atom is -0.342 e. The van der Waals surface area contributed by atoms with Crippen molar-refractivity contribution in [1.82, 2.24) is 10.2 Å². The molecule has 1 fully saturated rings. The number of carbonyl (C=O) groups is 1. The fraction of sp³-hybridized carbons (Fsp3) is 0.933. The van der Waals surface area contributed by atoms with E-state index in [1.807, 2.05) is 25.7 Å². The van der Waals surface area contributed by atoms with Gasteiger partial charge in [-0.2, -0.15) is 0 Å². The van der Waals surface area contributed by atoms with Crippen LogP contribution in [0.2, 0.25) is 0 Å². The molecule has 3 nitrogen and oxygen atoms in total. The Balaban J connectivity index is 2.48. The van der Waals surface area contributed by atoms with Gasteiger partial charge in [0.25, 0.3) is 0 Å². The van der Waals surface area contributed by atoms with Crippen molar-refractivity contribution in [3.63, 3.8) is 0 Å². The first kappa shape index (κ1) is 15.5. The number of likely N-dealkylation sites (N-methyl/N-ethyl adjacent to an activating group) is 1. The van der Waals surface area contributed by atoms with Gasteiger partial charge in [-0.3, -0.25) is 4.79 Å². The topological polar surface area (TPSA) is 32.3 Å². The summed E-state index contributed by atoms with van der Waals surface area (Å²) in [6.45, 7) is 12.3. The molecule has 0 spiro atoms. The second-order valence-electron chi connectivity index (χ2n) is 5.90. The molecule has 4 unspecified atom stereocenters. The molecule has 1 N–H and O–H groups in total. The van der Waals surface area contributed by atoms with Gasteiger partial charge in [-0.05, 0) is 51.9 Å². The first-order valence-electron chi connectivity index (χ1n) is 7.54. The van der Waals surface area contributed by atoms with E-state index in [4.69, 9.17) is 0 Å². The van der Waals surface area contributed by atoms with E-state index in [2.05, 4.69) is 19.2 Å². The fourth-order valence-corrected chi connectivity index (χ4v) is 3.11. The summed E-state index contributed by atoms with van der Waals surface area (Å²) in [6.07, 6.45) is 3.77. The molecular weight excluding hydrogens is 224 g/mol. The Hall–Kier alpha value is -0.570. The van der Waals surface area contributed by atoms with Crippen LogP contribution in [0.5, 0.6) is 0 Å². The molecule has 0 aromatic rings. The van der Waals surface area contributed by atoms with Crippen molar-refractivity contribution in [2.75, 3.05) is 13.1 Å². The third-order valence-electron chi connectivity index (χ3n) is 4.34. The Morgan fingerprint density at radius 1 is 1.28 bits per heavy atom. The highest BCUT2D eigenvalue weighted by atomic mass is 16.2. The van der Waals surface area contributed by atoms with Crippen LogP contribution in [0.25, 0.3) is 0 Å². The predicted octanol–water partition coefficient (Wildman–Crippen LogP) is 2.66. The van der Waals surface area contributed by atoms with Crippen molar-refractivity contribution in [2.24, 2.45) is 11.8 Å². The molecule has 1 saturated carbocycles. The quantitative estimate of drug-likeness (QED) is 0.818. The van der Waals surface area contributed by atoms with Gasteiger partial charge >= 0.3 is 0 Å². The van der Waals surface area contributed by atoms with Crippen LogP contribution in [0.1, 0.15) is 53.9 Å². The Labute approximate surface area is 112 Å². The molecule has 3 heteroatoms. The molecule has 1 aliphatic carbocycles. The van der Waals surface area contributed by atoms with Crippen LogP contribution in [-0.2, 0) is 4.79 Å². The number of carbonyl (C=O) groups excluding carboxylic acids is 1. The number of rotatable bonds is 5. The lowest BCUT2D eigenvalue weighted by atomic mass is 9.79. The summed E-state index contributed by atoms with van der Waals surface area (Å²) < 4.78 is 0. The summed E-state index contributed by atoms with van der Waals surface area (Å²) in [4.78, 5) is 14.1. The lowest BCUT2D eigenvalue weighted by molar-refractivity contribution is -0.133. The van der Waals surface area contributed by atoms with Gasteiger partial charge in [-0.25, -0.2) is 0 Å². The smallest absolute Gasteiger partial charge is 0.239 e. The molecule has 0 saturated heterocycles. The molecule has 0 radical (unpaired) electrons. The SMILES string of the molecule is CCN(CC)C(=O)C(C)NC1CCC(C)CC1C. The van der Waals surface area contributed by atoms with Gasteiger partial charge in [0.2, 0.25) is 5.91 Å². The zero-order valence-corrected chi connectivity index (χ0v) is 12.7. The maximum Gasteiger partial charge on any atom is 0.239 e. The maximum absolute atomic E-state index is 12.2. The lowest BCUT2D eigenvalue weighted by Crippen LogP contribution is -2.51. The molecule has 0 bridgehead atoms. The van der Waals surface area contributed by atoms with E-state index in [-0.39, 0.29) is 11.9 Å². The maximum atomic E-state index is 12.2. The lowest BCUT2D eigenvalue weighted by Gasteiger charge is -2.35. The fourth-order valence-electron chi connectivity index (χ4n) is 3.11. The third-order valence-corrected chi connectivity index (χ3v) is 4.34. The van der Waals surface area contributed by atoms with Crippen LogP contribution in [0.15, 0.2) is 0 Å². The molecule has 0 aromatic carbocycles. The normalized spacial score (nSPS) is 29.9. The first-order chi connectivity index (χ1) is 8.49. The average Bonchev–Trinajstić information content (AvgIpc) is 2.34. The first-order valence-corrected chi connectivity index (χ1v) is 7.54. The van der Waals surface area contributed by atoms with E-state index >= 15 is 0 Å². The number of amides is 1. The van der Waals surface area contributed by atoms with Gasteiger partial charge in [0, 0.05) is 19.1 Å². The van der Waals surface area contributed by atoms with Crippen molar-refractivity contribution in [3.8, 4) is 0 Å². The van der Waals surface area contributed by atoms with Crippen molar-refractivity contribution in [3.05, 3.63) is 0 Å². The second kappa shape index (κ2) is 7.13. The Morgan fingerprint density at radius 2 is 1.89 bits per heavy atom. The Kier molecular flexibility index (Phi) is 6.13. The van der Waals surface area contributed by atoms with Crippen LogP contribution in [0.3, 0.4) is 0 Å². The summed E-state index contributed by atoms with van der Waals surface area (Å²) in [5.74, 6) is 1.76. The van der Waals surface area contributed by atoms with E-state index in [1.54, 1.807) is 0 Å². The number of nitrogens with one attached hydrogen (secondary N) is 1. The van der Waals surface area contributed by atoms with Gasteiger partial charge in [0.1, 0.15) is 0 Å². The van der Waals surface area contributed by atoms with Crippen molar-refractivity contribution in [2.45, 2.75) is 66.0 Å². The second-order valence-corrected chi connectivity index (χ2v) is 5.90. The zero-order chi connectivity index (χ0) is 13.7. The highest BCUT2D eigenvalue weighted by Crippen LogP contribution is 2.28. The number of hydrogen-bond acceptors (Lipinski definition) is 2. The standard InChI is InChI=1S/C15H30N2O/c1-6-17(7-2)15(18)13(5)16-14-9-8-11(3)10-12(14)4/h11-14,16H,6-10H2,1-5H3. The molecule has 0 aliphatic heterocycles. The molecular formula is C15H30N2O. The molecule has 1 rings (SSSR count). The number of nitrogens with zero attached hydrogens (tertiary/aromatic N) is 1. The monoisotopic (exact) mass is 254 g/mol. The molecule has 18 heavy (non-hydrogen) atoms. The molecule has 1 aliphatic rings. The van der Waals surface area contributed by atoms with E-state index in [9.17, 15) is 4.79 Å². The highest BCUT2D eigenvalue weighted by molar-refractivity contribution is 5.81. The molecule has 106 valence electrons. The predicted molar refractivity (Wildman–Crippen MR) is 76.5 cm³/mol. The molecule has 0 heterocycles. The highest BCUT2D eigenvalue weighted by Gasteiger charge is 2.28. The molecule has 0 aromatic heterocycles. The largest absolute Gasteiger partial charge is 0.342 e. The van der Waals surface area contributed by atoms with E-state index in [0.29, 0.717) is 12.0 Å². The van der Waals surface area contributed by atoms with Crippen LogP contribution in [0, 0.1) is 11.8 Å². The van der Waals surface area contributed by atoms with Crippen molar-refractivity contribution in [1.29, 1.82) is 0 Å². The average molecular weight is 254 g/mol. The Bertz CT molecular complexity index is 263. The van der Waals surface area contributed by atoms with Crippen LogP contribution in [-0.4, -0.2) is 36.0 Å². The minimum absolute atomic E-state index is 0.0502. The summed E-state index contributed by atoms with van der Waals surface area (Å²) in [5, 5.41) is 3.55. The van der Waals surface area contributed by atoms with Gasteiger partial charge in [0.05, 0.1) is 6.04 Å². The summed E-state index contributed by atoms with van der Waals surface area (Å²) in [6, 6.07) is 0.460. The van der Waals surface area contributed by atoms with Crippen LogP contribution in [0.4, 0.5) is 0 Å². The number of hydrogen-bond donors (Lipinski definition) is 1. The van der Waals surface area contributed by atoms with Crippen LogP contribution < -0.4 is 5.32 Å². The van der Waals surface area contributed by atoms with Crippen molar-refractivity contribution >= 4 is 5.91 Å². The van der Waals surface area contributed by atoms with E-state index in [0.717, 1.165) is 19.0 Å². The Morgan fingerprint density at radius 3 is 2.39 bits per heavy atom. The zero-order valence-electron chi connectivity index (χ0n) is 12.7. The van der Waals surface area contributed by atoms with Crippen LogP contribution >= 0.6 is 0 Å². The van der Waals surface area contributed by atoms with E-state index < -0.39 is 0 Å². The van der Waals surface area contributed by atoms with Gasteiger partial charge in [0.15, 0.2) is 0 Å². The molecule has 4 atom stereocenters. The summed E-state index contributed by atoms with van der Waals surface area (Å²) in [5.41, 5.74) is 0. The van der Waals surface area contributed by atoms with Gasteiger partial charge in [-0.15, -0.1) is 0 Å². The minimum atomic E-state index is -0.0502. The van der Waals surface area contributed by atoms with Gasteiger partial charge < -0.3 is 10.2 Å². The summed E-state index contributed by atoms with van der Waals surface area (Å²) in [7, 11) is 0. The van der Waals surface area contributed by atoms with E-state index in [1.165, 1.54) is 19.3 Å².